The molecule has 0 saturated heterocycles. The van der Waals surface area contributed by atoms with E-state index in [1.807, 2.05) is 19.2 Å². The first-order valence-corrected chi connectivity index (χ1v) is 20.1. The number of aryl methyl sites for hydroxylation is 1. The van der Waals surface area contributed by atoms with Gasteiger partial charge in [0.25, 0.3) is 0 Å². The molecule has 4 aliphatic rings. The molecule has 4 aliphatic carbocycles. The van der Waals surface area contributed by atoms with E-state index in [0.717, 1.165) is 56.1 Å². The lowest BCUT2D eigenvalue weighted by Crippen LogP contribution is -2.37. The summed E-state index contributed by atoms with van der Waals surface area (Å²) in [6.07, 6.45) is 10.4. The van der Waals surface area contributed by atoms with Gasteiger partial charge in [0.1, 0.15) is 5.60 Å². The first kappa shape index (κ1) is 37.4. The minimum atomic E-state index is -0.900. The van der Waals surface area contributed by atoms with E-state index in [4.69, 9.17) is 9.47 Å². The van der Waals surface area contributed by atoms with Crippen LogP contribution in [0.1, 0.15) is 192 Å². The number of ether oxygens (including phenoxy) is 2. The second kappa shape index (κ2) is 12.6. The van der Waals surface area contributed by atoms with Gasteiger partial charge in [0.05, 0.1) is 11.2 Å². The molecular weight excluding hydrogens is 641 g/mol. The van der Waals surface area contributed by atoms with Gasteiger partial charge >= 0.3 is 5.97 Å². The summed E-state index contributed by atoms with van der Waals surface area (Å²) in [5.74, 6) is -0.692. The molecule has 2 fully saturated rings. The van der Waals surface area contributed by atoms with Crippen LogP contribution in [0.5, 0.6) is 0 Å². The van der Waals surface area contributed by atoms with Crippen molar-refractivity contribution < 1.29 is 19.4 Å². The number of aromatic carboxylic acids is 1. The lowest BCUT2D eigenvalue weighted by atomic mass is 9.61. The third-order valence-electron chi connectivity index (χ3n) is 15.0. The number of hydrogen-bond acceptors (Lipinski definition) is 3. The molecule has 52 heavy (non-hydrogen) atoms. The van der Waals surface area contributed by atoms with Gasteiger partial charge in [-0.3, -0.25) is 0 Å². The molecule has 3 aromatic carbocycles. The minimum Gasteiger partial charge on any atom is -0.478 e. The number of carboxylic acid groups (broad SMARTS) is 1. The topological polar surface area (TPSA) is 55.8 Å². The molecule has 0 radical (unpaired) electrons. The molecule has 4 heteroatoms. The maximum absolute atomic E-state index is 13.1. The second-order valence-electron chi connectivity index (χ2n) is 19.7. The van der Waals surface area contributed by atoms with Crippen LogP contribution in [0, 0.1) is 6.92 Å². The number of rotatable bonds is 7. The highest BCUT2D eigenvalue weighted by molar-refractivity contribution is 5.90. The highest BCUT2D eigenvalue weighted by Gasteiger charge is 2.51. The van der Waals surface area contributed by atoms with Crippen LogP contribution in [0.4, 0.5) is 0 Å². The first-order valence-electron chi connectivity index (χ1n) is 20.1. The summed E-state index contributed by atoms with van der Waals surface area (Å²) in [6, 6.07) is 18.3. The molecule has 280 valence electrons. The van der Waals surface area contributed by atoms with Crippen LogP contribution in [0.25, 0.3) is 0 Å². The van der Waals surface area contributed by atoms with Crippen molar-refractivity contribution in [1.29, 1.82) is 0 Å². The zero-order valence-electron chi connectivity index (χ0n) is 34.0. The van der Waals surface area contributed by atoms with Crippen molar-refractivity contribution >= 4 is 5.97 Å². The Bertz CT molecular complexity index is 1890. The van der Waals surface area contributed by atoms with Gasteiger partial charge < -0.3 is 14.6 Å². The summed E-state index contributed by atoms with van der Waals surface area (Å²) >= 11 is 0. The van der Waals surface area contributed by atoms with E-state index in [9.17, 15) is 9.90 Å². The Balaban J connectivity index is 1.37. The number of benzene rings is 3. The Morgan fingerprint density at radius 2 is 1.12 bits per heavy atom. The van der Waals surface area contributed by atoms with Crippen molar-refractivity contribution in [3.05, 3.63) is 104 Å². The van der Waals surface area contributed by atoms with Crippen molar-refractivity contribution in [1.82, 2.24) is 0 Å². The molecule has 1 N–H and O–H groups in total. The van der Waals surface area contributed by atoms with Crippen LogP contribution in [-0.2, 0) is 42.3 Å². The summed E-state index contributed by atoms with van der Waals surface area (Å²) in [4.78, 5) is 13.1. The van der Waals surface area contributed by atoms with Gasteiger partial charge in [-0.15, -0.1) is 0 Å². The van der Waals surface area contributed by atoms with Crippen molar-refractivity contribution in [2.75, 3.05) is 14.2 Å². The zero-order chi connectivity index (χ0) is 37.6. The van der Waals surface area contributed by atoms with Crippen LogP contribution < -0.4 is 0 Å². The molecule has 0 bridgehead atoms. The summed E-state index contributed by atoms with van der Waals surface area (Å²) in [6.45, 7) is 21.4. The largest absolute Gasteiger partial charge is 0.478 e. The quantitative estimate of drug-likeness (QED) is 0.266. The van der Waals surface area contributed by atoms with Crippen molar-refractivity contribution in [2.24, 2.45) is 0 Å². The van der Waals surface area contributed by atoms with E-state index >= 15 is 0 Å². The smallest absolute Gasteiger partial charge is 0.336 e. The van der Waals surface area contributed by atoms with Gasteiger partial charge in [0.15, 0.2) is 0 Å². The summed E-state index contributed by atoms with van der Waals surface area (Å²) < 4.78 is 13.5. The highest BCUT2D eigenvalue weighted by atomic mass is 16.5. The van der Waals surface area contributed by atoms with Crippen molar-refractivity contribution in [3.8, 4) is 0 Å². The minimum absolute atomic E-state index is 0.0427. The predicted octanol–water partition coefficient (Wildman–Crippen LogP) is 12.0. The number of fused-ring (bicyclic) bond motifs is 2. The monoisotopic (exact) mass is 704 g/mol. The fourth-order valence-corrected chi connectivity index (χ4v) is 11.5. The van der Waals surface area contributed by atoms with E-state index in [2.05, 4.69) is 98.7 Å². The maximum atomic E-state index is 13.1. The van der Waals surface area contributed by atoms with Gasteiger partial charge in [0.2, 0.25) is 0 Å². The standard InChI is InChI=1S/C48H64O4/c1-30-26-39-41(46(8,9)25-24-44(39,4)5)29-34(30)36-15-13-21-48(36,52-11)38-28-32(17-18-33(38)42(49)50)47(51-10)20-12-14-35(47)31-16-19-37-40(27-31)45(6,7)23-22-43(37,2)3/h16-19,26-29,35-36H,12-15,20-25H2,1-11H3,(H,49,50). The van der Waals surface area contributed by atoms with Crippen molar-refractivity contribution in [3.63, 3.8) is 0 Å². The Labute approximate surface area is 314 Å². The van der Waals surface area contributed by atoms with Crippen LogP contribution in [-0.4, -0.2) is 25.3 Å². The average molecular weight is 705 g/mol. The van der Waals surface area contributed by atoms with E-state index < -0.39 is 17.2 Å². The molecular formula is C48H64O4. The van der Waals surface area contributed by atoms with Crippen LogP contribution >= 0.6 is 0 Å². The Hall–Kier alpha value is -2.95. The lowest BCUT2D eigenvalue weighted by Gasteiger charge is -2.44. The summed E-state index contributed by atoms with van der Waals surface area (Å²) in [5.41, 5.74) is 11.2. The molecule has 4 nitrogen and oxygen atoms in total. The third kappa shape index (κ3) is 5.64. The van der Waals surface area contributed by atoms with E-state index in [1.165, 1.54) is 58.2 Å². The summed E-state index contributed by atoms with van der Waals surface area (Å²) in [5, 5.41) is 10.8. The Morgan fingerprint density at radius 1 is 0.596 bits per heavy atom. The van der Waals surface area contributed by atoms with Gasteiger partial charge in [0, 0.05) is 26.1 Å². The normalized spacial score (nSPS) is 29.8. The molecule has 0 aliphatic heterocycles. The Morgan fingerprint density at radius 3 is 1.69 bits per heavy atom. The fourth-order valence-electron chi connectivity index (χ4n) is 11.5. The number of carbonyl (C=O) groups is 1. The second-order valence-corrected chi connectivity index (χ2v) is 19.7. The number of carboxylic acids is 1. The highest BCUT2D eigenvalue weighted by Crippen LogP contribution is 2.58. The van der Waals surface area contributed by atoms with Crippen LogP contribution in [0.3, 0.4) is 0 Å². The number of hydrogen-bond donors (Lipinski definition) is 1. The molecule has 2 saturated carbocycles. The van der Waals surface area contributed by atoms with Crippen LogP contribution in [0.2, 0.25) is 0 Å². The van der Waals surface area contributed by atoms with Crippen LogP contribution in [0.15, 0.2) is 48.5 Å². The molecule has 3 aromatic rings. The predicted molar refractivity (Wildman–Crippen MR) is 212 cm³/mol. The molecule has 4 unspecified atom stereocenters. The van der Waals surface area contributed by atoms with Crippen molar-refractivity contribution in [2.45, 2.75) is 171 Å². The molecule has 0 spiro atoms. The third-order valence-corrected chi connectivity index (χ3v) is 15.0. The molecule has 0 amide bonds. The Kier molecular flexibility index (Phi) is 9.02. The van der Waals surface area contributed by atoms with Gasteiger partial charge in [-0.25, -0.2) is 4.79 Å². The fraction of sp³-hybridized carbons (Fsp3) is 0.604. The SMILES string of the molecule is COC1(c2ccc(C(=O)O)c(C3(OC)CCCC3c3cc4c(cc3C)C(C)(C)CCC4(C)C)c2)CCCC1c1ccc2c(c1)C(C)(C)CCC2(C)C. The zero-order valence-corrected chi connectivity index (χ0v) is 34.0. The summed E-state index contributed by atoms with van der Waals surface area (Å²) in [7, 11) is 3.66. The maximum Gasteiger partial charge on any atom is 0.336 e. The van der Waals surface area contributed by atoms with E-state index in [-0.39, 0.29) is 33.5 Å². The molecule has 7 rings (SSSR count). The van der Waals surface area contributed by atoms with Gasteiger partial charge in [-0.1, -0.05) is 91.8 Å². The number of methoxy groups -OCH3 is 2. The van der Waals surface area contributed by atoms with Gasteiger partial charge in [-0.2, -0.15) is 0 Å². The lowest BCUT2D eigenvalue weighted by molar-refractivity contribution is -0.0303. The average Bonchev–Trinajstić information content (AvgIpc) is 3.74. The van der Waals surface area contributed by atoms with E-state index in [1.54, 1.807) is 7.11 Å². The van der Waals surface area contributed by atoms with E-state index in [0.29, 0.717) is 5.56 Å². The molecule has 0 heterocycles. The first-order chi connectivity index (χ1) is 24.3. The molecule has 4 atom stereocenters. The van der Waals surface area contributed by atoms with Gasteiger partial charge in [-0.05, 0) is 155 Å². The molecule has 0 aromatic heterocycles.